The molecule has 6 heteroatoms. The second kappa shape index (κ2) is 8.80. The lowest BCUT2D eigenvalue weighted by atomic mass is 10.1. The molecule has 0 aromatic heterocycles. The molecule has 0 radical (unpaired) electrons. The van der Waals surface area contributed by atoms with Gasteiger partial charge in [-0.3, -0.25) is 4.79 Å². The van der Waals surface area contributed by atoms with Crippen LogP contribution in [0.25, 0.3) is 0 Å². The second-order valence-electron chi connectivity index (χ2n) is 5.95. The number of benzene rings is 1. The number of hydrogen-bond donors (Lipinski definition) is 1. The Morgan fingerprint density at radius 1 is 1.46 bits per heavy atom. The molecule has 2 rings (SSSR count). The minimum absolute atomic E-state index is 0.0407. The number of carbonyl (C=O) groups is 1. The summed E-state index contributed by atoms with van der Waals surface area (Å²) in [5.74, 6) is -0.767. The van der Waals surface area contributed by atoms with E-state index >= 15 is 0 Å². The first-order valence-corrected chi connectivity index (χ1v) is 7.98. The van der Waals surface area contributed by atoms with Crippen LogP contribution in [0.2, 0.25) is 0 Å². The fourth-order valence-electron chi connectivity index (χ4n) is 2.44. The van der Waals surface area contributed by atoms with Crippen LogP contribution in [0.5, 0.6) is 5.75 Å². The molecule has 1 aromatic rings. The highest BCUT2D eigenvalue weighted by Gasteiger charge is 2.28. The van der Waals surface area contributed by atoms with Crippen molar-refractivity contribution in [3.8, 4) is 5.75 Å². The Morgan fingerprint density at radius 2 is 2.25 bits per heavy atom. The van der Waals surface area contributed by atoms with Crippen LogP contribution in [-0.4, -0.2) is 45.0 Å². The van der Waals surface area contributed by atoms with Gasteiger partial charge in [0.2, 0.25) is 0 Å². The lowest BCUT2D eigenvalue weighted by molar-refractivity contribution is -0.0457. The third-order valence-corrected chi connectivity index (χ3v) is 3.82. The summed E-state index contributed by atoms with van der Waals surface area (Å²) in [7, 11) is 1.36. The van der Waals surface area contributed by atoms with Crippen molar-refractivity contribution in [3.63, 3.8) is 0 Å². The number of halogens is 1. The van der Waals surface area contributed by atoms with Gasteiger partial charge in [0.15, 0.2) is 11.6 Å². The molecule has 5 nitrogen and oxygen atoms in total. The minimum Gasteiger partial charge on any atom is -0.494 e. The average Bonchev–Trinajstić information content (AvgIpc) is 2.56. The summed E-state index contributed by atoms with van der Waals surface area (Å²) < 4.78 is 29.7. The van der Waals surface area contributed by atoms with E-state index in [4.69, 9.17) is 14.2 Å². The minimum atomic E-state index is -0.502. The molecule has 1 heterocycles. The SMILES string of the molecule is COc1cc(C(=O)N[C@@H]2COCC[C@@H]2OCC=C(C)C)ccc1F. The monoisotopic (exact) mass is 337 g/mol. The summed E-state index contributed by atoms with van der Waals surface area (Å²) >= 11 is 0. The molecular formula is C18H24FNO4. The van der Waals surface area contributed by atoms with Gasteiger partial charge in [0.05, 0.1) is 32.5 Å². The van der Waals surface area contributed by atoms with Gasteiger partial charge in [-0.15, -0.1) is 0 Å². The maximum Gasteiger partial charge on any atom is 0.251 e. The van der Waals surface area contributed by atoms with E-state index in [-0.39, 0.29) is 23.8 Å². The van der Waals surface area contributed by atoms with Gasteiger partial charge < -0.3 is 19.5 Å². The summed E-state index contributed by atoms with van der Waals surface area (Å²) in [6.07, 6.45) is 2.61. The number of amides is 1. The van der Waals surface area contributed by atoms with Crippen LogP contribution >= 0.6 is 0 Å². The first kappa shape index (κ1) is 18.4. The molecule has 0 aliphatic carbocycles. The third kappa shape index (κ3) is 5.04. The van der Waals surface area contributed by atoms with Gasteiger partial charge in [-0.1, -0.05) is 11.6 Å². The quantitative estimate of drug-likeness (QED) is 0.811. The van der Waals surface area contributed by atoms with E-state index < -0.39 is 5.82 Å². The van der Waals surface area contributed by atoms with Crippen molar-refractivity contribution in [2.45, 2.75) is 32.4 Å². The molecule has 1 saturated heterocycles. The lowest BCUT2D eigenvalue weighted by Gasteiger charge is -2.32. The van der Waals surface area contributed by atoms with Crippen molar-refractivity contribution in [3.05, 3.63) is 41.2 Å². The molecule has 1 aliphatic heterocycles. The smallest absolute Gasteiger partial charge is 0.251 e. The van der Waals surface area contributed by atoms with Crippen LogP contribution in [0.1, 0.15) is 30.6 Å². The Morgan fingerprint density at radius 3 is 2.96 bits per heavy atom. The summed E-state index contributed by atoms with van der Waals surface area (Å²) in [5, 5.41) is 2.91. The zero-order chi connectivity index (χ0) is 17.5. The van der Waals surface area contributed by atoms with E-state index in [2.05, 4.69) is 5.32 Å². The summed E-state index contributed by atoms with van der Waals surface area (Å²) in [5.41, 5.74) is 1.52. The summed E-state index contributed by atoms with van der Waals surface area (Å²) in [6, 6.07) is 3.78. The molecule has 2 atom stereocenters. The van der Waals surface area contributed by atoms with Crippen LogP contribution in [0, 0.1) is 5.82 Å². The Labute approximate surface area is 141 Å². The molecule has 1 amide bonds. The maximum atomic E-state index is 13.5. The topological polar surface area (TPSA) is 56.8 Å². The maximum absolute atomic E-state index is 13.5. The summed E-state index contributed by atoms with van der Waals surface area (Å²) in [6.45, 7) is 5.52. The Kier molecular flexibility index (Phi) is 6.75. The molecular weight excluding hydrogens is 313 g/mol. The standard InChI is InChI=1S/C18H24FNO4/c1-12(2)6-9-24-16-7-8-23-11-15(16)20-18(21)13-4-5-14(19)17(10-13)22-3/h4-6,10,15-16H,7-9,11H2,1-3H3,(H,20,21)/t15-,16+/m1/s1. The normalized spacial score (nSPS) is 20.3. The van der Waals surface area contributed by atoms with Crippen molar-refractivity contribution in [2.75, 3.05) is 26.9 Å². The van der Waals surface area contributed by atoms with Crippen LogP contribution < -0.4 is 10.1 Å². The highest BCUT2D eigenvalue weighted by atomic mass is 19.1. The van der Waals surface area contributed by atoms with Gasteiger partial charge in [-0.05, 0) is 38.5 Å². The molecule has 24 heavy (non-hydrogen) atoms. The molecule has 1 aliphatic rings. The third-order valence-electron chi connectivity index (χ3n) is 3.82. The van der Waals surface area contributed by atoms with Crippen molar-refractivity contribution in [1.82, 2.24) is 5.32 Å². The zero-order valence-electron chi connectivity index (χ0n) is 14.3. The zero-order valence-corrected chi connectivity index (χ0v) is 14.3. The molecule has 0 unspecified atom stereocenters. The highest BCUT2D eigenvalue weighted by molar-refractivity contribution is 5.94. The molecule has 0 bridgehead atoms. The number of hydrogen-bond acceptors (Lipinski definition) is 4. The van der Waals surface area contributed by atoms with Crippen LogP contribution in [-0.2, 0) is 9.47 Å². The van der Waals surface area contributed by atoms with Crippen molar-refractivity contribution in [1.29, 1.82) is 0 Å². The number of ether oxygens (including phenoxy) is 3. The fourth-order valence-corrected chi connectivity index (χ4v) is 2.44. The van der Waals surface area contributed by atoms with Crippen molar-refractivity contribution < 1.29 is 23.4 Å². The molecule has 132 valence electrons. The van der Waals surface area contributed by atoms with Gasteiger partial charge in [0.25, 0.3) is 5.91 Å². The molecule has 0 saturated carbocycles. The summed E-state index contributed by atoms with van der Waals surface area (Å²) in [4.78, 5) is 12.4. The van der Waals surface area contributed by atoms with E-state index in [9.17, 15) is 9.18 Å². The number of nitrogens with one attached hydrogen (secondary N) is 1. The average molecular weight is 337 g/mol. The van der Waals surface area contributed by atoms with Crippen molar-refractivity contribution >= 4 is 5.91 Å². The largest absolute Gasteiger partial charge is 0.494 e. The lowest BCUT2D eigenvalue weighted by Crippen LogP contribution is -2.50. The molecule has 1 N–H and O–H groups in total. The van der Waals surface area contributed by atoms with Crippen LogP contribution in [0.15, 0.2) is 29.8 Å². The number of rotatable bonds is 6. The first-order valence-electron chi connectivity index (χ1n) is 7.98. The predicted octanol–water partition coefficient (Wildman–Crippen LogP) is 2.70. The number of allylic oxidation sites excluding steroid dienone is 1. The van der Waals surface area contributed by atoms with Gasteiger partial charge >= 0.3 is 0 Å². The van der Waals surface area contributed by atoms with Crippen LogP contribution in [0.4, 0.5) is 4.39 Å². The fraction of sp³-hybridized carbons (Fsp3) is 0.500. The van der Waals surface area contributed by atoms with E-state index in [1.807, 2.05) is 19.9 Å². The Balaban J connectivity index is 2.01. The van der Waals surface area contributed by atoms with E-state index in [1.165, 1.54) is 30.9 Å². The van der Waals surface area contributed by atoms with E-state index in [0.717, 1.165) is 0 Å². The van der Waals surface area contributed by atoms with Gasteiger partial charge in [-0.2, -0.15) is 0 Å². The predicted molar refractivity (Wildman–Crippen MR) is 88.8 cm³/mol. The number of methoxy groups -OCH3 is 1. The molecule has 1 aromatic carbocycles. The second-order valence-corrected chi connectivity index (χ2v) is 5.95. The Bertz CT molecular complexity index is 599. The Hall–Kier alpha value is -1.92. The van der Waals surface area contributed by atoms with Gasteiger partial charge in [-0.25, -0.2) is 4.39 Å². The van der Waals surface area contributed by atoms with E-state index in [1.54, 1.807) is 0 Å². The van der Waals surface area contributed by atoms with Crippen molar-refractivity contribution in [2.24, 2.45) is 0 Å². The number of carbonyl (C=O) groups excluding carboxylic acids is 1. The first-order chi connectivity index (χ1) is 11.5. The van der Waals surface area contributed by atoms with Gasteiger partial charge in [0, 0.05) is 12.2 Å². The van der Waals surface area contributed by atoms with Gasteiger partial charge in [0.1, 0.15) is 0 Å². The van der Waals surface area contributed by atoms with Crippen LogP contribution in [0.3, 0.4) is 0 Å². The van der Waals surface area contributed by atoms with E-state index in [0.29, 0.717) is 31.8 Å². The molecule has 0 spiro atoms. The highest BCUT2D eigenvalue weighted by Crippen LogP contribution is 2.19. The molecule has 1 fully saturated rings.